The van der Waals surface area contributed by atoms with E-state index in [9.17, 15) is 0 Å². The van der Waals surface area contributed by atoms with Crippen molar-refractivity contribution in [3.63, 3.8) is 0 Å². The summed E-state index contributed by atoms with van der Waals surface area (Å²) in [6.07, 6.45) is 10.9. The van der Waals surface area contributed by atoms with E-state index < -0.39 is 0 Å². The van der Waals surface area contributed by atoms with E-state index in [1.807, 2.05) is 12.4 Å². The standard InChI is InChI=1S/C17H25N3/c1-3-8-16(9-4-1)10-7-13-18-12-6-2-5-11-17-19-14-15-20-17/h1,3-4,8-9,14-15,18H,2,5-7,10-13H2,(H,19,20). The molecule has 0 aliphatic rings. The fraction of sp³-hybridized carbons (Fsp3) is 0.471. The molecule has 0 aliphatic carbocycles. The van der Waals surface area contributed by atoms with Gasteiger partial charge in [-0.05, 0) is 44.3 Å². The van der Waals surface area contributed by atoms with Gasteiger partial charge in [0.2, 0.25) is 0 Å². The lowest BCUT2D eigenvalue weighted by molar-refractivity contribution is 0.585. The van der Waals surface area contributed by atoms with Crippen LogP contribution in [0.5, 0.6) is 0 Å². The fourth-order valence-corrected chi connectivity index (χ4v) is 2.34. The first-order chi connectivity index (χ1) is 9.95. The molecule has 2 N–H and O–H groups in total. The highest BCUT2D eigenvalue weighted by Gasteiger charge is 1.95. The zero-order valence-corrected chi connectivity index (χ0v) is 12.1. The van der Waals surface area contributed by atoms with Crippen LogP contribution >= 0.6 is 0 Å². The molecule has 1 aromatic heterocycles. The summed E-state index contributed by atoms with van der Waals surface area (Å²) in [5.41, 5.74) is 1.44. The monoisotopic (exact) mass is 271 g/mol. The minimum Gasteiger partial charge on any atom is -0.349 e. The van der Waals surface area contributed by atoms with E-state index in [0.717, 1.165) is 25.3 Å². The molecule has 1 aromatic carbocycles. The summed E-state index contributed by atoms with van der Waals surface area (Å²) in [7, 11) is 0. The van der Waals surface area contributed by atoms with Gasteiger partial charge in [-0.1, -0.05) is 36.8 Å². The van der Waals surface area contributed by atoms with Crippen LogP contribution < -0.4 is 5.32 Å². The summed E-state index contributed by atoms with van der Waals surface area (Å²) in [4.78, 5) is 7.38. The Bertz CT molecular complexity index is 437. The second-order valence-corrected chi connectivity index (χ2v) is 5.19. The average molecular weight is 271 g/mol. The number of rotatable bonds is 10. The van der Waals surface area contributed by atoms with Crippen LogP contribution in [-0.2, 0) is 12.8 Å². The molecule has 0 atom stereocenters. The van der Waals surface area contributed by atoms with Crippen molar-refractivity contribution >= 4 is 0 Å². The topological polar surface area (TPSA) is 40.7 Å². The van der Waals surface area contributed by atoms with E-state index in [0.29, 0.717) is 0 Å². The van der Waals surface area contributed by atoms with Gasteiger partial charge < -0.3 is 10.3 Å². The Kier molecular flexibility index (Phi) is 6.89. The van der Waals surface area contributed by atoms with Gasteiger partial charge >= 0.3 is 0 Å². The van der Waals surface area contributed by atoms with Crippen LogP contribution in [0.2, 0.25) is 0 Å². The summed E-state index contributed by atoms with van der Waals surface area (Å²) in [5.74, 6) is 1.11. The number of hydrogen-bond acceptors (Lipinski definition) is 2. The second-order valence-electron chi connectivity index (χ2n) is 5.19. The third-order valence-electron chi connectivity index (χ3n) is 3.48. The molecule has 108 valence electrons. The van der Waals surface area contributed by atoms with E-state index >= 15 is 0 Å². The van der Waals surface area contributed by atoms with Crippen molar-refractivity contribution in [2.75, 3.05) is 13.1 Å². The van der Waals surface area contributed by atoms with Gasteiger partial charge in [-0.25, -0.2) is 4.98 Å². The number of unbranched alkanes of at least 4 members (excludes halogenated alkanes) is 2. The third-order valence-corrected chi connectivity index (χ3v) is 3.48. The van der Waals surface area contributed by atoms with Crippen molar-refractivity contribution in [1.29, 1.82) is 0 Å². The van der Waals surface area contributed by atoms with E-state index in [4.69, 9.17) is 0 Å². The second kappa shape index (κ2) is 9.32. The van der Waals surface area contributed by atoms with Crippen LogP contribution in [0.3, 0.4) is 0 Å². The molecule has 0 radical (unpaired) electrons. The SMILES string of the molecule is c1ccc(CCCNCCCCCc2ncc[nH]2)cc1. The zero-order chi connectivity index (χ0) is 13.9. The van der Waals surface area contributed by atoms with E-state index in [1.165, 1.54) is 37.7 Å². The van der Waals surface area contributed by atoms with Gasteiger partial charge in [0.05, 0.1) is 0 Å². The molecule has 1 heterocycles. The summed E-state index contributed by atoms with van der Waals surface area (Å²) >= 11 is 0. The summed E-state index contributed by atoms with van der Waals surface area (Å²) < 4.78 is 0. The number of aryl methyl sites for hydroxylation is 2. The number of nitrogens with zero attached hydrogens (tertiary/aromatic N) is 1. The number of nitrogens with one attached hydrogen (secondary N) is 2. The van der Waals surface area contributed by atoms with Crippen molar-refractivity contribution < 1.29 is 0 Å². The Labute approximate surface area is 121 Å². The molecule has 3 nitrogen and oxygen atoms in total. The molecular weight excluding hydrogens is 246 g/mol. The van der Waals surface area contributed by atoms with Crippen molar-refractivity contribution in [2.24, 2.45) is 0 Å². The number of hydrogen-bond donors (Lipinski definition) is 2. The summed E-state index contributed by atoms with van der Waals surface area (Å²) in [6.45, 7) is 2.25. The van der Waals surface area contributed by atoms with Gasteiger partial charge in [0, 0.05) is 18.8 Å². The maximum Gasteiger partial charge on any atom is 0.105 e. The summed E-state index contributed by atoms with van der Waals surface area (Å²) in [6, 6.07) is 10.7. The van der Waals surface area contributed by atoms with Gasteiger partial charge in [0.25, 0.3) is 0 Å². The van der Waals surface area contributed by atoms with Gasteiger partial charge in [-0.3, -0.25) is 0 Å². The Balaban J connectivity index is 1.39. The molecule has 0 bridgehead atoms. The van der Waals surface area contributed by atoms with Crippen LogP contribution in [-0.4, -0.2) is 23.1 Å². The average Bonchev–Trinajstić information content (AvgIpc) is 3.00. The maximum absolute atomic E-state index is 4.23. The molecule has 0 spiro atoms. The van der Waals surface area contributed by atoms with Crippen LogP contribution in [0.4, 0.5) is 0 Å². The lowest BCUT2D eigenvalue weighted by Gasteiger charge is -2.05. The number of benzene rings is 1. The Hall–Kier alpha value is -1.61. The molecule has 2 rings (SSSR count). The largest absolute Gasteiger partial charge is 0.349 e. The zero-order valence-electron chi connectivity index (χ0n) is 12.1. The van der Waals surface area contributed by atoms with Crippen LogP contribution in [0.15, 0.2) is 42.7 Å². The Morgan fingerprint density at radius 3 is 2.55 bits per heavy atom. The molecule has 0 aliphatic heterocycles. The first kappa shape index (κ1) is 14.8. The van der Waals surface area contributed by atoms with Crippen molar-refractivity contribution in [3.05, 3.63) is 54.1 Å². The molecular formula is C17H25N3. The first-order valence-corrected chi connectivity index (χ1v) is 7.68. The highest BCUT2D eigenvalue weighted by Crippen LogP contribution is 2.02. The minimum absolute atomic E-state index is 1.07. The number of H-pyrrole nitrogens is 1. The molecule has 3 heteroatoms. The van der Waals surface area contributed by atoms with E-state index in [2.05, 4.69) is 45.6 Å². The van der Waals surface area contributed by atoms with Gasteiger partial charge in [0.1, 0.15) is 5.82 Å². The predicted molar refractivity (Wildman–Crippen MR) is 83.8 cm³/mol. The Morgan fingerprint density at radius 2 is 1.75 bits per heavy atom. The highest BCUT2D eigenvalue weighted by molar-refractivity contribution is 5.14. The van der Waals surface area contributed by atoms with Gasteiger partial charge in [-0.15, -0.1) is 0 Å². The lowest BCUT2D eigenvalue weighted by Crippen LogP contribution is -2.17. The van der Waals surface area contributed by atoms with Crippen molar-refractivity contribution in [2.45, 2.75) is 38.5 Å². The molecule has 0 saturated heterocycles. The molecule has 20 heavy (non-hydrogen) atoms. The molecule has 0 fully saturated rings. The molecule has 2 aromatic rings. The normalized spacial score (nSPS) is 10.8. The van der Waals surface area contributed by atoms with Crippen molar-refractivity contribution in [3.8, 4) is 0 Å². The quantitative estimate of drug-likeness (QED) is 0.651. The van der Waals surface area contributed by atoms with Crippen molar-refractivity contribution in [1.82, 2.24) is 15.3 Å². The van der Waals surface area contributed by atoms with E-state index in [-0.39, 0.29) is 0 Å². The maximum atomic E-state index is 4.23. The first-order valence-electron chi connectivity index (χ1n) is 7.68. The van der Waals surface area contributed by atoms with Crippen LogP contribution in [0, 0.1) is 0 Å². The van der Waals surface area contributed by atoms with E-state index in [1.54, 1.807) is 0 Å². The number of aromatic nitrogens is 2. The fourth-order valence-electron chi connectivity index (χ4n) is 2.34. The third kappa shape index (κ3) is 6.02. The highest BCUT2D eigenvalue weighted by atomic mass is 14.9. The van der Waals surface area contributed by atoms with Gasteiger partial charge in [0.15, 0.2) is 0 Å². The van der Waals surface area contributed by atoms with Crippen LogP contribution in [0.1, 0.15) is 37.1 Å². The number of imidazole rings is 1. The predicted octanol–water partition coefficient (Wildman–Crippen LogP) is 3.34. The Morgan fingerprint density at radius 1 is 0.900 bits per heavy atom. The minimum atomic E-state index is 1.07. The lowest BCUT2D eigenvalue weighted by atomic mass is 10.1. The number of aromatic amines is 1. The van der Waals surface area contributed by atoms with Gasteiger partial charge in [-0.2, -0.15) is 0 Å². The molecule has 0 unspecified atom stereocenters. The summed E-state index contributed by atoms with van der Waals surface area (Å²) in [5, 5.41) is 3.53. The van der Waals surface area contributed by atoms with Crippen LogP contribution in [0.25, 0.3) is 0 Å². The molecule has 0 amide bonds. The molecule has 0 saturated carbocycles. The smallest absolute Gasteiger partial charge is 0.105 e.